The van der Waals surface area contributed by atoms with Gasteiger partial charge in [-0.2, -0.15) is 5.26 Å². The van der Waals surface area contributed by atoms with Crippen LogP contribution in [-0.2, 0) is 16.6 Å². The number of nitriles is 1. The van der Waals surface area contributed by atoms with Gasteiger partial charge in [0, 0.05) is 49.7 Å². The summed E-state index contributed by atoms with van der Waals surface area (Å²) in [7, 11) is 1.87. The molecule has 1 fully saturated rings. The zero-order valence-corrected chi connectivity index (χ0v) is 22.7. The molecule has 0 saturated carbocycles. The SMILES string of the molecule is CCN(CC)c1ccc2cc(-c3ccc(/C=C(\C#N)C(=O)NC[C@H]4OC(O)[C@H](C)[C@@H](O)[C@@H]4O)n3C)ccc2c1. The molecule has 5 atom stereocenters. The number of ether oxygens (including phenoxy) is 1. The van der Waals surface area contributed by atoms with Gasteiger partial charge in [-0.15, -0.1) is 0 Å². The van der Waals surface area contributed by atoms with Gasteiger partial charge in [0.2, 0.25) is 0 Å². The number of aromatic nitrogens is 1. The number of aliphatic hydroxyl groups excluding tert-OH is 3. The summed E-state index contributed by atoms with van der Waals surface area (Å²) < 4.78 is 7.23. The van der Waals surface area contributed by atoms with Crippen molar-refractivity contribution < 1.29 is 24.9 Å². The third-order valence-electron chi connectivity index (χ3n) is 7.56. The van der Waals surface area contributed by atoms with E-state index < -0.39 is 36.4 Å². The monoisotopic (exact) mass is 532 g/mol. The van der Waals surface area contributed by atoms with Crippen LogP contribution in [0.1, 0.15) is 26.5 Å². The Kier molecular flexibility index (Phi) is 8.73. The summed E-state index contributed by atoms with van der Waals surface area (Å²) in [6, 6.07) is 18.5. The predicted octanol–water partition coefficient (Wildman–Crippen LogP) is 2.79. The predicted molar refractivity (Wildman–Crippen MR) is 151 cm³/mol. The van der Waals surface area contributed by atoms with Crippen LogP contribution in [0.25, 0.3) is 28.1 Å². The van der Waals surface area contributed by atoms with E-state index >= 15 is 0 Å². The van der Waals surface area contributed by atoms with Crippen molar-refractivity contribution >= 4 is 28.4 Å². The lowest BCUT2D eigenvalue weighted by molar-refractivity contribution is -0.258. The van der Waals surface area contributed by atoms with Crippen molar-refractivity contribution in [3.63, 3.8) is 0 Å². The van der Waals surface area contributed by atoms with Gasteiger partial charge >= 0.3 is 0 Å². The number of aliphatic hydroxyl groups is 3. The third-order valence-corrected chi connectivity index (χ3v) is 7.56. The summed E-state index contributed by atoms with van der Waals surface area (Å²) in [6.07, 6.45) is -3.24. The summed E-state index contributed by atoms with van der Waals surface area (Å²) in [5.74, 6) is -1.31. The van der Waals surface area contributed by atoms with Gasteiger partial charge < -0.3 is 34.8 Å². The number of benzene rings is 2. The van der Waals surface area contributed by atoms with Gasteiger partial charge in [-0.25, -0.2) is 0 Å². The van der Waals surface area contributed by atoms with E-state index in [0.717, 1.165) is 35.1 Å². The Hall–Kier alpha value is -3.68. The van der Waals surface area contributed by atoms with Crippen LogP contribution in [0, 0.1) is 17.2 Å². The van der Waals surface area contributed by atoms with Gasteiger partial charge in [0.1, 0.15) is 23.9 Å². The number of nitrogens with zero attached hydrogens (tertiary/aromatic N) is 3. The Morgan fingerprint density at radius 3 is 2.46 bits per heavy atom. The fourth-order valence-electron chi connectivity index (χ4n) is 4.98. The Balaban J connectivity index is 1.50. The second-order valence-corrected chi connectivity index (χ2v) is 9.91. The summed E-state index contributed by atoms with van der Waals surface area (Å²) in [4.78, 5) is 15.0. The highest BCUT2D eigenvalue weighted by Crippen LogP contribution is 2.29. The Morgan fingerprint density at radius 2 is 1.77 bits per heavy atom. The van der Waals surface area contributed by atoms with Crippen LogP contribution >= 0.6 is 0 Å². The molecule has 0 radical (unpaired) electrons. The first-order valence-corrected chi connectivity index (χ1v) is 13.2. The van der Waals surface area contributed by atoms with E-state index in [2.05, 4.69) is 60.5 Å². The molecule has 9 nitrogen and oxygen atoms in total. The van der Waals surface area contributed by atoms with Gasteiger partial charge in [-0.05, 0) is 66.6 Å². The number of hydrogen-bond donors (Lipinski definition) is 4. The summed E-state index contributed by atoms with van der Waals surface area (Å²) in [5.41, 5.74) is 3.69. The molecule has 206 valence electrons. The van der Waals surface area contributed by atoms with Gasteiger partial charge in [-0.3, -0.25) is 4.79 Å². The van der Waals surface area contributed by atoms with Crippen LogP contribution < -0.4 is 10.2 Å². The average molecular weight is 533 g/mol. The molecule has 9 heteroatoms. The van der Waals surface area contributed by atoms with E-state index in [1.807, 2.05) is 29.8 Å². The molecule has 1 aromatic heterocycles. The minimum absolute atomic E-state index is 0.120. The largest absolute Gasteiger partial charge is 0.390 e. The number of hydrogen-bond acceptors (Lipinski definition) is 7. The fraction of sp³-hybridized carbons (Fsp3) is 0.400. The number of nitrogens with one attached hydrogen (secondary N) is 1. The number of amides is 1. The normalized spacial score (nSPS) is 23.4. The Morgan fingerprint density at radius 1 is 1.08 bits per heavy atom. The molecule has 0 aliphatic carbocycles. The van der Waals surface area contributed by atoms with Crippen molar-refractivity contribution in [1.29, 1.82) is 5.26 Å². The van der Waals surface area contributed by atoms with E-state index in [-0.39, 0.29) is 12.1 Å². The zero-order valence-electron chi connectivity index (χ0n) is 22.7. The first-order valence-electron chi connectivity index (χ1n) is 13.2. The summed E-state index contributed by atoms with van der Waals surface area (Å²) in [5, 5.41) is 44.7. The number of rotatable bonds is 8. The van der Waals surface area contributed by atoms with Gasteiger partial charge in [0.05, 0.1) is 6.10 Å². The van der Waals surface area contributed by atoms with Crippen LogP contribution in [0.2, 0.25) is 0 Å². The minimum Gasteiger partial charge on any atom is -0.390 e. The van der Waals surface area contributed by atoms with E-state index in [1.54, 1.807) is 6.92 Å². The number of fused-ring (bicyclic) bond motifs is 1. The van der Waals surface area contributed by atoms with Gasteiger partial charge in [-0.1, -0.05) is 25.1 Å². The molecule has 1 unspecified atom stereocenters. The maximum Gasteiger partial charge on any atom is 0.262 e. The lowest BCUT2D eigenvalue weighted by Crippen LogP contribution is -2.56. The van der Waals surface area contributed by atoms with Gasteiger partial charge in [0.25, 0.3) is 5.91 Å². The third kappa shape index (κ3) is 5.84. The van der Waals surface area contributed by atoms with Crippen LogP contribution in [0.15, 0.2) is 54.1 Å². The molecule has 1 saturated heterocycles. The summed E-state index contributed by atoms with van der Waals surface area (Å²) in [6.45, 7) is 7.57. The molecule has 1 aliphatic heterocycles. The van der Waals surface area contributed by atoms with Crippen molar-refractivity contribution in [2.45, 2.75) is 45.4 Å². The second kappa shape index (κ2) is 12.0. The molecule has 1 aliphatic rings. The van der Waals surface area contributed by atoms with Crippen LogP contribution in [0.3, 0.4) is 0 Å². The molecule has 2 aromatic carbocycles. The van der Waals surface area contributed by atoms with Crippen molar-refractivity contribution in [2.75, 3.05) is 24.5 Å². The number of carbonyl (C=O) groups excluding carboxylic acids is 1. The topological polar surface area (TPSA) is 131 Å². The van der Waals surface area contributed by atoms with Crippen molar-refractivity contribution in [3.8, 4) is 17.3 Å². The molecule has 4 rings (SSSR count). The van der Waals surface area contributed by atoms with Crippen molar-refractivity contribution in [1.82, 2.24) is 9.88 Å². The van der Waals surface area contributed by atoms with Gasteiger partial charge in [0.15, 0.2) is 6.29 Å². The Bertz CT molecular complexity index is 1400. The van der Waals surface area contributed by atoms with Crippen LogP contribution in [-0.4, -0.2) is 70.0 Å². The fourth-order valence-corrected chi connectivity index (χ4v) is 4.98. The van der Waals surface area contributed by atoms with Crippen molar-refractivity contribution in [3.05, 3.63) is 59.8 Å². The maximum absolute atomic E-state index is 12.7. The standard InChI is InChI=1S/C30H36N4O5/c1-5-34(6-2)24-10-9-19-13-21(8-7-20(19)14-24)25-12-11-23(33(25)4)15-22(16-31)29(37)32-17-26-28(36)27(35)18(3)30(38)39-26/h7-15,18,26-28,30,35-36,38H,5-6,17H2,1-4H3,(H,32,37)/b22-15+/t18-,26-,27-,28-,30?/m1/s1. The molecule has 3 aromatic rings. The highest BCUT2D eigenvalue weighted by Gasteiger charge is 2.41. The smallest absolute Gasteiger partial charge is 0.262 e. The number of carbonyl (C=O) groups is 1. The highest BCUT2D eigenvalue weighted by atomic mass is 16.6. The molecular weight excluding hydrogens is 496 g/mol. The average Bonchev–Trinajstić information content (AvgIpc) is 3.31. The van der Waals surface area contributed by atoms with E-state index in [1.165, 1.54) is 11.8 Å². The molecule has 1 amide bonds. The molecular formula is C30H36N4O5. The number of anilines is 1. The maximum atomic E-state index is 12.7. The lowest BCUT2D eigenvalue weighted by atomic mass is 9.92. The highest BCUT2D eigenvalue weighted by molar-refractivity contribution is 6.01. The molecule has 0 spiro atoms. The van der Waals surface area contributed by atoms with Crippen LogP contribution in [0.4, 0.5) is 5.69 Å². The first-order chi connectivity index (χ1) is 18.7. The van der Waals surface area contributed by atoms with Crippen molar-refractivity contribution in [2.24, 2.45) is 13.0 Å². The molecule has 2 heterocycles. The summed E-state index contributed by atoms with van der Waals surface area (Å²) >= 11 is 0. The molecule has 39 heavy (non-hydrogen) atoms. The van der Waals surface area contributed by atoms with Crippen LogP contribution in [0.5, 0.6) is 0 Å². The zero-order chi connectivity index (χ0) is 28.3. The molecule has 0 bridgehead atoms. The lowest BCUT2D eigenvalue weighted by Gasteiger charge is -2.39. The van der Waals surface area contributed by atoms with E-state index in [9.17, 15) is 25.4 Å². The second-order valence-electron chi connectivity index (χ2n) is 9.91. The first kappa shape index (κ1) is 28.3. The molecule has 4 N–H and O–H groups in total. The quantitative estimate of drug-likeness (QED) is 0.259. The Labute approximate surface area is 228 Å². The minimum atomic E-state index is -1.28. The van der Waals surface area contributed by atoms with E-state index in [0.29, 0.717) is 5.69 Å². The van der Waals surface area contributed by atoms with E-state index in [4.69, 9.17) is 4.74 Å².